The van der Waals surface area contributed by atoms with Crippen LogP contribution in [0.4, 0.5) is 0 Å². The molecule has 0 atom stereocenters. The predicted octanol–water partition coefficient (Wildman–Crippen LogP) is 4.83. The minimum absolute atomic E-state index is 1.22. The van der Waals surface area contributed by atoms with Gasteiger partial charge in [0.2, 0.25) is 0 Å². The number of benzene rings is 4. The summed E-state index contributed by atoms with van der Waals surface area (Å²) in [6, 6.07) is 43.5. The molecule has 4 aromatic rings. The van der Waals surface area contributed by atoms with Crippen LogP contribution in [-0.4, -0.2) is 62.4 Å². The minimum atomic E-state index is -1.58. The second-order valence-electron chi connectivity index (χ2n) is 9.72. The molecule has 6 heteroatoms. The van der Waals surface area contributed by atoms with Gasteiger partial charge in [-0.15, -0.1) is 0 Å². The van der Waals surface area contributed by atoms with Crippen molar-refractivity contribution in [2.75, 3.05) is 42.3 Å². The van der Waals surface area contributed by atoms with Gasteiger partial charge in [-0.2, -0.15) is 21.9 Å². The van der Waals surface area contributed by atoms with Gasteiger partial charge in [-0.1, -0.05) is 121 Å². The molecule has 0 radical (unpaired) electrons. The number of hydrogen-bond donors (Lipinski definition) is 0. The van der Waals surface area contributed by atoms with Crippen molar-refractivity contribution in [2.45, 2.75) is 0 Å². The first-order chi connectivity index (χ1) is 17.8. The molecular weight excluding hydrogens is 487 g/mol. The van der Waals surface area contributed by atoms with Crippen LogP contribution >= 0.6 is 16.4 Å². The molecule has 4 rings (SSSR count). The Hall–Kier alpha value is -2.54. The second kappa shape index (κ2) is 13.3. The Morgan fingerprint density at radius 3 is 0.811 bits per heavy atom. The Kier molecular flexibility index (Phi) is 10.4. The van der Waals surface area contributed by atoms with Crippen molar-refractivity contribution in [3.05, 3.63) is 121 Å². The average Bonchev–Trinajstić information content (AvgIpc) is 2.92. The minimum Gasteiger partial charge on any atom is -0.195 e. The maximum Gasteiger partial charge on any atom is 0.108 e. The summed E-state index contributed by atoms with van der Waals surface area (Å²) in [5.41, 5.74) is 5.36. The van der Waals surface area contributed by atoms with Crippen molar-refractivity contribution in [2.24, 2.45) is 0 Å². The Balaban J connectivity index is 0.000000270. The predicted molar refractivity (Wildman–Crippen MR) is 169 cm³/mol. The third kappa shape index (κ3) is 5.98. The molecule has 0 aliphatic rings. The van der Waals surface area contributed by atoms with Crippen LogP contribution in [0.15, 0.2) is 121 Å². The first-order valence-electron chi connectivity index (χ1n) is 12.5. The normalized spacial score (nSPS) is 11.7. The molecule has 190 valence electrons. The molecule has 0 aliphatic heterocycles. The van der Waals surface area contributed by atoms with Crippen LogP contribution in [0.25, 0.3) is 0 Å². The van der Waals surface area contributed by atoms with Crippen molar-refractivity contribution >= 4 is 44.4 Å². The molecule has 0 N–H and O–H groups in total. The van der Waals surface area contributed by atoms with Gasteiger partial charge in [-0.05, 0) is 0 Å². The van der Waals surface area contributed by atoms with Crippen molar-refractivity contribution in [1.29, 1.82) is 0 Å². The van der Waals surface area contributed by atoms with E-state index in [0.717, 1.165) is 0 Å². The molecular formula is C31H38BN3P2. The van der Waals surface area contributed by atoms with Gasteiger partial charge in [-0.3, -0.25) is 0 Å². The van der Waals surface area contributed by atoms with E-state index in [1.165, 1.54) is 21.9 Å². The van der Waals surface area contributed by atoms with Gasteiger partial charge in [0.25, 0.3) is 0 Å². The quantitative estimate of drug-likeness (QED) is 0.253. The first kappa shape index (κ1) is 29.0. The van der Waals surface area contributed by atoms with Gasteiger partial charge in [0.05, 0.1) is 0 Å². The van der Waals surface area contributed by atoms with Crippen molar-refractivity contribution in [1.82, 2.24) is 14.0 Å². The molecule has 0 unspecified atom stereocenters. The van der Waals surface area contributed by atoms with E-state index in [1.54, 1.807) is 0 Å². The van der Waals surface area contributed by atoms with Gasteiger partial charge >= 0.3 is 78.1 Å². The Labute approximate surface area is 227 Å². The zero-order valence-corrected chi connectivity index (χ0v) is 24.6. The van der Waals surface area contributed by atoms with E-state index in [2.05, 4.69) is 192 Å². The molecule has 0 heterocycles. The van der Waals surface area contributed by atoms with Crippen LogP contribution in [0.1, 0.15) is 0 Å². The first-order valence-corrected chi connectivity index (χ1v) is 14.6. The molecule has 4 aromatic carbocycles. The number of rotatable bonds is 7. The fourth-order valence-corrected chi connectivity index (χ4v) is 9.76. The summed E-state index contributed by atoms with van der Waals surface area (Å²) < 4.78 is 6.50. The molecule has 0 saturated heterocycles. The van der Waals surface area contributed by atoms with Crippen molar-refractivity contribution in [3.8, 4) is 5.37 Å². The van der Waals surface area contributed by atoms with E-state index in [0.29, 0.717) is 0 Å². The standard InChI is InChI=1S/C24H20B.C7H18N3P2/c1-5-13-21(14-6-1)25(22-15-7-2-8-16-22,23-17-9-3-10-18-23)24-19-11-4-12-20-24;1-8(2)12(7-11,9(3)4)10(5)6/h1-20H;1-6H3/q-1;+1. The molecule has 0 aromatic heterocycles. The summed E-state index contributed by atoms with van der Waals surface area (Å²) in [4.78, 5) is 0. The van der Waals surface area contributed by atoms with Crippen molar-refractivity contribution in [3.63, 3.8) is 0 Å². The molecule has 0 fully saturated rings. The largest absolute Gasteiger partial charge is 0.195 e. The van der Waals surface area contributed by atoms with Gasteiger partial charge in [0.15, 0.2) is 0 Å². The van der Waals surface area contributed by atoms with E-state index < -0.39 is 13.9 Å². The smallest absolute Gasteiger partial charge is 0.108 e. The summed E-state index contributed by atoms with van der Waals surface area (Å²) in [5, 5.41) is 3.10. The van der Waals surface area contributed by atoms with Crippen LogP contribution in [0.2, 0.25) is 0 Å². The van der Waals surface area contributed by atoms with E-state index >= 15 is 0 Å². The SMILES string of the molecule is CN(C)[P+](C#P)(N(C)C)N(C)C.c1ccc([B-](c2ccccc2)(c2ccccc2)c2ccccc2)cc1. The summed E-state index contributed by atoms with van der Waals surface area (Å²) in [7, 11) is 14.9. The molecule has 3 nitrogen and oxygen atoms in total. The van der Waals surface area contributed by atoms with E-state index in [9.17, 15) is 0 Å². The molecule has 0 aliphatic carbocycles. The Morgan fingerprint density at radius 2 is 0.676 bits per heavy atom. The fourth-order valence-electron chi connectivity index (χ4n) is 5.46. The molecule has 0 spiro atoms. The van der Waals surface area contributed by atoms with Gasteiger partial charge in [0, 0.05) is 0 Å². The van der Waals surface area contributed by atoms with E-state index in [1.807, 2.05) is 0 Å². The van der Waals surface area contributed by atoms with Crippen LogP contribution in [0, 0.1) is 5.37 Å². The zero-order chi connectivity index (χ0) is 26.9. The second-order valence-corrected chi connectivity index (χ2v) is 14.1. The molecule has 0 bridgehead atoms. The van der Waals surface area contributed by atoms with Gasteiger partial charge < -0.3 is 0 Å². The third-order valence-corrected chi connectivity index (χ3v) is 11.4. The molecule has 0 amide bonds. The van der Waals surface area contributed by atoms with E-state index in [-0.39, 0.29) is 0 Å². The maximum absolute atomic E-state index is 4.19. The van der Waals surface area contributed by atoms with Crippen molar-refractivity contribution < 1.29 is 0 Å². The molecule has 37 heavy (non-hydrogen) atoms. The zero-order valence-electron chi connectivity index (χ0n) is 22.9. The van der Waals surface area contributed by atoms with Gasteiger partial charge in [-0.25, -0.2) is 0 Å². The average molecular weight is 525 g/mol. The summed E-state index contributed by atoms with van der Waals surface area (Å²) in [5.74, 6) is 0. The Morgan fingerprint density at radius 1 is 0.459 bits per heavy atom. The van der Waals surface area contributed by atoms with Crippen LogP contribution in [0.3, 0.4) is 0 Å². The van der Waals surface area contributed by atoms with Crippen LogP contribution in [0.5, 0.6) is 0 Å². The maximum atomic E-state index is 4.19. The molecule has 0 saturated carbocycles. The summed E-state index contributed by atoms with van der Waals surface area (Å²) in [6.07, 6.45) is -1.22. The fraction of sp³-hybridized carbons (Fsp3) is 0.194. The number of nitrogens with zero attached hydrogens (tertiary/aromatic N) is 3. The number of hydrogen-bond acceptors (Lipinski definition) is 3. The summed E-state index contributed by atoms with van der Waals surface area (Å²) >= 11 is 0. The van der Waals surface area contributed by atoms with Crippen LogP contribution < -0.4 is 21.9 Å². The summed E-state index contributed by atoms with van der Waals surface area (Å²) in [6.45, 7) is 0. The van der Waals surface area contributed by atoms with Gasteiger partial charge in [0.1, 0.15) is 6.15 Å². The monoisotopic (exact) mass is 525 g/mol. The van der Waals surface area contributed by atoms with Crippen LogP contribution in [-0.2, 0) is 0 Å². The Bertz CT molecular complexity index is 1070. The third-order valence-electron chi connectivity index (χ3n) is 7.01. The van der Waals surface area contributed by atoms with E-state index in [4.69, 9.17) is 0 Å². The topological polar surface area (TPSA) is 9.72 Å².